The number of hydrogen-bond donors (Lipinski definition) is 1. The molecule has 2 rings (SSSR count). The zero-order chi connectivity index (χ0) is 13.1. The third-order valence-corrected chi connectivity index (χ3v) is 4.24. The largest absolute Gasteiger partial charge is 0.314 e. The maximum Gasteiger partial charge on any atom is 0.177 e. The van der Waals surface area contributed by atoms with Crippen molar-refractivity contribution in [1.82, 2.24) is 10.2 Å². The first-order valence-corrected chi connectivity index (χ1v) is 7.10. The van der Waals surface area contributed by atoms with Gasteiger partial charge in [0.2, 0.25) is 0 Å². The molecule has 3 nitrogen and oxygen atoms in total. The molecule has 0 atom stereocenters. The Labute approximate surface area is 117 Å². The monoisotopic (exact) mass is 310 g/mol. The second-order valence-electron chi connectivity index (χ2n) is 4.87. The lowest BCUT2D eigenvalue weighted by molar-refractivity contribution is 0.0921. The number of halogens is 1. The summed E-state index contributed by atoms with van der Waals surface area (Å²) in [6.45, 7) is 8.42. The van der Waals surface area contributed by atoms with Crippen LogP contribution >= 0.6 is 15.9 Å². The summed E-state index contributed by atoms with van der Waals surface area (Å²) in [7, 11) is 0. The van der Waals surface area contributed by atoms with Gasteiger partial charge in [0.05, 0.1) is 6.54 Å². The fourth-order valence-electron chi connectivity index (χ4n) is 2.24. The number of aryl methyl sites for hydroxylation is 2. The van der Waals surface area contributed by atoms with Crippen molar-refractivity contribution < 1.29 is 4.79 Å². The van der Waals surface area contributed by atoms with Gasteiger partial charge in [0.1, 0.15) is 0 Å². The molecule has 1 fully saturated rings. The Morgan fingerprint density at radius 2 is 1.94 bits per heavy atom. The second-order valence-corrected chi connectivity index (χ2v) is 5.72. The lowest BCUT2D eigenvalue weighted by atomic mass is 10.0. The molecule has 1 N–H and O–H groups in total. The van der Waals surface area contributed by atoms with Crippen LogP contribution in [-0.4, -0.2) is 43.4 Å². The molecule has 18 heavy (non-hydrogen) atoms. The van der Waals surface area contributed by atoms with Gasteiger partial charge in [-0.1, -0.05) is 15.9 Å². The molecule has 0 unspecified atom stereocenters. The Hall–Kier alpha value is -0.710. The Bertz CT molecular complexity index is 453. The summed E-state index contributed by atoms with van der Waals surface area (Å²) in [5.74, 6) is 0.227. The summed E-state index contributed by atoms with van der Waals surface area (Å²) in [6, 6.07) is 4.02. The van der Waals surface area contributed by atoms with Crippen LogP contribution in [0.1, 0.15) is 21.5 Å². The van der Waals surface area contributed by atoms with Crippen molar-refractivity contribution >= 4 is 21.7 Å². The molecule has 4 heteroatoms. The van der Waals surface area contributed by atoms with Gasteiger partial charge >= 0.3 is 0 Å². The highest BCUT2D eigenvalue weighted by molar-refractivity contribution is 9.10. The molecule has 1 saturated heterocycles. The van der Waals surface area contributed by atoms with Crippen molar-refractivity contribution in [2.45, 2.75) is 13.8 Å². The van der Waals surface area contributed by atoms with Gasteiger partial charge in [-0.05, 0) is 37.1 Å². The number of nitrogens with one attached hydrogen (secondary N) is 1. The average Bonchev–Trinajstić information content (AvgIpc) is 2.35. The molecule has 0 radical (unpaired) electrons. The fraction of sp³-hybridized carbons (Fsp3) is 0.500. The molecule has 1 aromatic rings. The van der Waals surface area contributed by atoms with Crippen LogP contribution in [0.15, 0.2) is 16.6 Å². The van der Waals surface area contributed by atoms with E-state index in [2.05, 4.69) is 26.1 Å². The molecule has 0 spiro atoms. The Balaban J connectivity index is 2.10. The number of piperazine rings is 1. The topological polar surface area (TPSA) is 32.3 Å². The van der Waals surface area contributed by atoms with Gasteiger partial charge in [0.15, 0.2) is 5.78 Å². The first kappa shape index (κ1) is 13.7. The van der Waals surface area contributed by atoms with Crippen molar-refractivity contribution in [3.8, 4) is 0 Å². The van der Waals surface area contributed by atoms with Crippen molar-refractivity contribution in [3.05, 3.63) is 33.3 Å². The lowest BCUT2D eigenvalue weighted by Gasteiger charge is -2.26. The fourth-order valence-corrected chi connectivity index (χ4v) is 2.70. The van der Waals surface area contributed by atoms with Crippen LogP contribution in [0, 0.1) is 13.8 Å². The number of Topliss-reactive ketones (excluding diaryl/α,β-unsaturated/α-hetero) is 1. The van der Waals surface area contributed by atoms with Crippen LogP contribution in [-0.2, 0) is 0 Å². The minimum atomic E-state index is 0.227. The molecule has 0 bridgehead atoms. The van der Waals surface area contributed by atoms with Crippen LogP contribution in [0.4, 0.5) is 0 Å². The van der Waals surface area contributed by atoms with E-state index in [1.807, 2.05) is 26.0 Å². The van der Waals surface area contributed by atoms with E-state index in [4.69, 9.17) is 0 Å². The number of rotatable bonds is 3. The SMILES string of the molecule is Cc1cc(C(=O)CN2CCNCC2)c(C)cc1Br. The first-order valence-electron chi connectivity index (χ1n) is 6.31. The summed E-state index contributed by atoms with van der Waals surface area (Å²) in [5, 5.41) is 3.30. The predicted molar refractivity (Wildman–Crippen MR) is 77.3 cm³/mol. The van der Waals surface area contributed by atoms with Gasteiger partial charge in [-0.2, -0.15) is 0 Å². The molecular weight excluding hydrogens is 292 g/mol. The molecular formula is C14H19BrN2O. The molecule has 0 aliphatic carbocycles. The summed E-state index contributed by atoms with van der Waals surface area (Å²) in [6.07, 6.45) is 0. The quantitative estimate of drug-likeness (QED) is 0.868. The number of carbonyl (C=O) groups is 1. The Morgan fingerprint density at radius 1 is 1.28 bits per heavy atom. The van der Waals surface area contributed by atoms with Gasteiger partial charge in [-0.3, -0.25) is 9.69 Å². The molecule has 1 aliphatic rings. The molecule has 0 saturated carbocycles. The molecule has 98 valence electrons. The smallest absolute Gasteiger partial charge is 0.177 e. The van der Waals surface area contributed by atoms with E-state index in [1.165, 1.54) is 0 Å². The third kappa shape index (κ3) is 3.19. The Kier molecular flexibility index (Phi) is 4.54. The minimum Gasteiger partial charge on any atom is -0.314 e. The Morgan fingerprint density at radius 3 is 2.61 bits per heavy atom. The maximum absolute atomic E-state index is 12.3. The third-order valence-electron chi connectivity index (χ3n) is 3.38. The molecule has 1 aliphatic heterocycles. The van der Waals surface area contributed by atoms with Crippen LogP contribution in [0.5, 0.6) is 0 Å². The van der Waals surface area contributed by atoms with E-state index in [-0.39, 0.29) is 5.78 Å². The van der Waals surface area contributed by atoms with Gasteiger partial charge in [-0.15, -0.1) is 0 Å². The van der Waals surface area contributed by atoms with E-state index in [9.17, 15) is 4.79 Å². The van der Waals surface area contributed by atoms with E-state index >= 15 is 0 Å². The highest BCUT2D eigenvalue weighted by Gasteiger charge is 2.16. The zero-order valence-electron chi connectivity index (χ0n) is 10.9. The summed E-state index contributed by atoms with van der Waals surface area (Å²) >= 11 is 3.50. The standard InChI is InChI=1S/C14H19BrN2O/c1-10-8-13(15)11(2)7-12(10)14(18)9-17-5-3-16-4-6-17/h7-8,16H,3-6,9H2,1-2H3. The van der Waals surface area contributed by atoms with E-state index in [0.717, 1.165) is 47.3 Å². The number of benzene rings is 1. The van der Waals surface area contributed by atoms with Crippen LogP contribution in [0.2, 0.25) is 0 Å². The summed E-state index contributed by atoms with van der Waals surface area (Å²) in [5.41, 5.74) is 3.02. The lowest BCUT2D eigenvalue weighted by Crippen LogP contribution is -2.45. The highest BCUT2D eigenvalue weighted by atomic mass is 79.9. The molecule has 0 aromatic heterocycles. The maximum atomic E-state index is 12.3. The van der Waals surface area contributed by atoms with Crippen molar-refractivity contribution in [2.24, 2.45) is 0 Å². The molecule has 1 aromatic carbocycles. The van der Waals surface area contributed by atoms with E-state index in [0.29, 0.717) is 6.54 Å². The van der Waals surface area contributed by atoms with Gasteiger partial charge in [0, 0.05) is 36.2 Å². The second kappa shape index (κ2) is 5.95. The van der Waals surface area contributed by atoms with Crippen LogP contribution in [0.3, 0.4) is 0 Å². The summed E-state index contributed by atoms with van der Waals surface area (Å²) in [4.78, 5) is 14.5. The molecule has 1 heterocycles. The first-order chi connectivity index (χ1) is 8.58. The van der Waals surface area contributed by atoms with E-state index in [1.54, 1.807) is 0 Å². The van der Waals surface area contributed by atoms with Crippen LogP contribution in [0.25, 0.3) is 0 Å². The predicted octanol–water partition coefficient (Wildman–Crippen LogP) is 2.15. The van der Waals surface area contributed by atoms with Crippen molar-refractivity contribution in [3.63, 3.8) is 0 Å². The van der Waals surface area contributed by atoms with Crippen LogP contribution < -0.4 is 5.32 Å². The number of nitrogens with zero attached hydrogens (tertiary/aromatic N) is 1. The van der Waals surface area contributed by atoms with Gasteiger partial charge < -0.3 is 5.32 Å². The van der Waals surface area contributed by atoms with E-state index < -0.39 is 0 Å². The van der Waals surface area contributed by atoms with Gasteiger partial charge in [0.25, 0.3) is 0 Å². The summed E-state index contributed by atoms with van der Waals surface area (Å²) < 4.78 is 1.07. The normalized spacial score (nSPS) is 16.8. The van der Waals surface area contributed by atoms with Crippen molar-refractivity contribution in [1.29, 1.82) is 0 Å². The minimum absolute atomic E-state index is 0.227. The zero-order valence-corrected chi connectivity index (χ0v) is 12.5. The van der Waals surface area contributed by atoms with Crippen molar-refractivity contribution in [2.75, 3.05) is 32.7 Å². The number of carbonyl (C=O) groups excluding carboxylic acids is 1. The average molecular weight is 311 g/mol. The number of ketones is 1. The highest BCUT2D eigenvalue weighted by Crippen LogP contribution is 2.21. The number of hydrogen-bond acceptors (Lipinski definition) is 3. The van der Waals surface area contributed by atoms with Gasteiger partial charge in [-0.25, -0.2) is 0 Å². The molecule has 0 amide bonds.